The predicted octanol–water partition coefficient (Wildman–Crippen LogP) is 7.59. The highest BCUT2D eigenvalue weighted by Crippen LogP contribution is 2.41. The van der Waals surface area contributed by atoms with Crippen LogP contribution < -0.4 is 0 Å². The Balaban J connectivity index is 1.69. The van der Waals surface area contributed by atoms with Crippen LogP contribution in [-0.2, 0) is 0 Å². The van der Waals surface area contributed by atoms with Crippen LogP contribution in [0.2, 0.25) is 15.1 Å². The molecular formula is C22H17Cl3N4S. The van der Waals surface area contributed by atoms with Crippen LogP contribution in [0, 0.1) is 6.92 Å². The molecule has 30 heavy (non-hydrogen) atoms. The molecule has 1 fully saturated rings. The van der Waals surface area contributed by atoms with Gasteiger partial charge in [-0.1, -0.05) is 52.6 Å². The molecule has 0 radical (unpaired) electrons. The second-order valence-electron chi connectivity index (χ2n) is 7.38. The molecule has 152 valence electrons. The van der Waals surface area contributed by atoms with Crippen LogP contribution in [0.1, 0.15) is 35.9 Å². The largest absolute Gasteiger partial charge is 0.296 e. The van der Waals surface area contributed by atoms with Crippen molar-refractivity contribution >= 4 is 46.1 Å². The van der Waals surface area contributed by atoms with Crippen LogP contribution in [0.4, 0.5) is 0 Å². The molecular weight excluding hydrogens is 459 g/mol. The molecule has 0 amide bonds. The van der Waals surface area contributed by atoms with Crippen molar-refractivity contribution in [2.24, 2.45) is 0 Å². The standard InChI is InChI=1S/C22H17Cl3N4S/c1-12-19(22-28-27-21(30-22)13-3-2-4-13)26-20(17-10-7-15(24)11-18(17)25)29(12)16-8-5-14(23)6-9-16/h5-11,13H,2-4H2,1H3. The fraction of sp³-hybridized carbons (Fsp3) is 0.227. The number of halogens is 3. The van der Waals surface area contributed by atoms with Gasteiger partial charge in [-0.25, -0.2) is 4.98 Å². The Morgan fingerprint density at radius 1 is 0.967 bits per heavy atom. The first-order valence-corrected chi connectivity index (χ1v) is 11.6. The summed E-state index contributed by atoms with van der Waals surface area (Å²) in [7, 11) is 0. The van der Waals surface area contributed by atoms with Gasteiger partial charge in [0.05, 0.1) is 10.7 Å². The normalized spacial score (nSPS) is 14.1. The molecule has 2 aromatic heterocycles. The van der Waals surface area contributed by atoms with Crippen LogP contribution in [-0.4, -0.2) is 19.7 Å². The van der Waals surface area contributed by atoms with E-state index < -0.39 is 0 Å². The molecule has 0 atom stereocenters. The number of hydrogen-bond donors (Lipinski definition) is 0. The summed E-state index contributed by atoms with van der Waals surface area (Å²) >= 11 is 20.4. The molecule has 4 aromatic rings. The summed E-state index contributed by atoms with van der Waals surface area (Å²) in [5.41, 5.74) is 3.53. The Bertz CT molecular complexity index is 1230. The van der Waals surface area contributed by atoms with Gasteiger partial charge in [0.25, 0.3) is 0 Å². The maximum absolute atomic E-state index is 6.54. The Labute approximate surface area is 193 Å². The molecule has 2 aromatic carbocycles. The van der Waals surface area contributed by atoms with Gasteiger partial charge >= 0.3 is 0 Å². The quantitative estimate of drug-likeness (QED) is 0.305. The van der Waals surface area contributed by atoms with E-state index >= 15 is 0 Å². The average Bonchev–Trinajstić information content (AvgIpc) is 3.26. The van der Waals surface area contributed by atoms with Gasteiger partial charge in [0, 0.05) is 27.2 Å². The highest BCUT2D eigenvalue weighted by molar-refractivity contribution is 7.14. The number of benzene rings is 2. The lowest BCUT2D eigenvalue weighted by molar-refractivity contribution is 0.416. The Kier molecular flexibility index (Phi) is 5.31. The highest BCUT2D eigenvalue weighted by Gasteiger charge is 2.26. The lowest BCUT2D eigenvalue weighted by Crippen LogP contribution is -2.07. The van der Waals surface area contributed by atoms with Crippen molar-refractivity contribution in [2.75, 3.05) is 0 Å². The summed E-state index contributed by atoms with van der Waals surface area (Å²) in [4.78, 5) is 4.97. The van der Waals surface area contributed by atoms with Gasteiger partial charge < -0.3 is 0 Å². The number of nitrogens with zero attached hydrogens (tertiary/aromatic N) is 4. The molecule has 1 saturated carbocycles. The van der Waals surface area contributed by atoms with Crippen molar-refractivity contribution in [3.05, 3.63) is 68.2 Å². The first-order chi connectivity index (χ1) is 14.5. The maximum atomic E-state index is 6.54. The van der Waals surface area contributed by atoms with Gasteiger partial charge in [-0.3, -0.25) is 4.57 Å². The molecule has 0 aliphatic heterocycles. The predicted molar refractivity (Wildman–Crippen MR) is 124 cm³/mol. The van der Waals surface area contributed by atoms with E-state index in [1.54, 1.807) is 17.4 Å². The van der Waals surface area contributed by atoms with Crippen LogP contribution in [0.3, 0.4) is 0 Å². The molecule has 0 saturated heterocycles. The first kappa shape index (κ1) is 20.0. The Morgan fingerprint density at radius 3 is 2.37 bits per heavy atom. The third-order valence-corrected chi connectivity index (χ3v) is 7.35. The molecule has 0 bridgehead atoms. The van der Waals surface area contributed by atoms with E-state index in [2.05, 4.69) is 14.8 Å². The summed E-state index contributed by atoms with van der Waals surface area (Å²) < 4.78 is 2.07. The van der Waals surface area contributed by atoms with Crippen molar-refractivity contribution in [3.8, 4) is 27.8 Å². The van der Waals surface area contributed by atoms with Gasteiger partial charge in [0.2, 0.25) is 0 Å². The number of aromatic nitrogens is 4. The zero-order chi connectivity index (χ0) is 20.8. The summed E-state index contributed by atoms with van der Waals surface area (Å²) in [5, 5.41) is 12.6. The molecule has 0 unspecified atom stereocenters. The molecule has 5 rings (SSSR count). The average molecular weight is 476 g/mol. The van der Waals surface area contributed by atoms with E-state index in [1.165, 1.54) is 19.3 Å². The lowest BCUT2D eigenvalue weighted by atomic mass is 9.86. The molecule has 0 N–H and O–H groups in total. The zero-order valence-corrected chi connectivity index (χ0v) is 19.2. The van der Waals surface area contributed by atoms with Gasteiger partial charge in [-0.05, 0) is 62.2 Å². The third-order valence-electron chi connectivity index (χ3n) is 5.46. The zero-order valence-electron chi connectivity index (χ0n) is 16.1. The van der Waals surface area contributed by atoms with Crippen LogP contribution in [0.25, 0.3) is 27.8 Å². The Hall–Kier alpha value is -1.92. The second kappa shape index (κ2) is 7.97. The van der Waals surface area contributed by atoms with Gasteiger partial charge in [-0.15, -0.1) is 10.2 Å². The van der Waals surface area contributed by atoms with E-state index in [-0.39, 0.29) is 0 Å². The van der Waals surface area contributed by atoms with E-state index in [1.807, 2.05) is 43.3 Å². The number of hydrogen-bond acceptors (Lipinski definition) is 4. The molecule has 8 heteroatoms. The Morgan fingerprint density at radius 2 is 1.70 bits per heavy atom. The minimum absolute atomic E-state index is 0.542. The summed E-state index contributed by atoms with van der Waals surface area (Å²) in [5.74, 6) is 1.27. The third kappa shape index (κ3) is 3.54. The van der Waals surface area contributed by atoms with E-state index in [4.69, 9.17) is 39.8 Å². The van der Waals surface area contributed by atoms with Crippen molar-refractivity contribution < 1.29 is 0 Å². The van der Waals surface area contributed by atoms with Crippen LogP contribution in [0.15, 0.2) is 42.5 Å². The van der Waals surface area contributed by atoms with Crippen LogP contribution in [0.5, 0.6) is 0 Å². The SMILES string of the molecule is Cc1c(-c2nnc(C3CCC3)s2)nc(-c2ccc(Cl)cc2Cl)n1-c1ccc(Cl)cc1. The van der Waals surface area contributed by atoms with Crippen LogP contribution >= 0.6 is 46.1 Å². The number of rotatable bonds is 4. The van der Waals surface area contributed by atoms with Gasteiger partial charge in [-0.2, -0.15) is 0 Å². The minimum Gasteiger partial charge on any atom is -0.296 e. The van der Waals surface area contributed by atoms with E-state index in [0.717, 1.165) is 38.5 Å². The molecule has 1 aliphatic rings. The highest BCUT2D eigenvalue weighted by atomic mass is 35.5. The summed E-state index contributed by atoms with van der Waals surface area (Å²) in [6.07, 6.45) is 3.65. The monoisotopic (exact) mass is 474 g/mol. The lowest BCUT2D eigenvalue weighted by Gasteiger charge is -2.21. The smallest absolute Gasteiger partial charge is 0.168 e. The fourth-order valence-corrected chi connectivity index (χ4v) is 5.28. The second-order valence-corrected chi connectivity index (χ2v) is 9.67. The molecule has 1 aliphatic carbocycles. The fourth-order valence-electron chi connectivity index (χ4n) is 3.61. The topological polar surface area (TPSA) is 43.6 Å². The summed E-state index contributed by atoms with van der Waals surface area (Å²) in [6, 6.07) is 13.1. The van der Waals surface area contributed by atoms with E-state index in [9.17, 15) is 0 Å². The van der Waals surface area contributed by atoms with Crippen molar-refractivity contribution in [1.82, 2.24) is 19.7 Å². The molecule has 0 spiro atoms. The van der Waals surface area contributed by atoms with Gasteiger partial charge in [0.1, 0.15) is 16.5 Å². The maximum Gasteiger partial charge on any atom is 0.168 e. The van der Waals surface area contributed by atoms with Gasteiger partial charge in [0.15, 0.2) is 5.01 Å². The van der Waals surface area contributed by atoms with Crippen molar-refractivity contribution in [1.29, 1.82) is 0 Å². The molecule has 2 heterocycles. The molecule has 4 nitrogen and oxygen atoms in total. The van der Waals surface area contributed by atoms with Crippen molar-refractivity contribution in [3.63, 3.8) is 0 Å². The number of imidazole rings is 1. The minimum atomic E-state index is 0.542. The summed E-state index contributed by atoms with van der Waals surface area (Å²) in [6.45, 7) is 2.04. The van der Waals surface area contributed by atoms with E-state index in [0.29, 0.717) is 21.0 Å². The first-order valence-electron chi connectivity index (χ1n) is 9.66. The van der Waals surface area contributed by atoms with Crippen molar-refractivity contribution in [2.45, 2.75) is 32.1 Å².